The monoisotopic (exact) mass is 348 g/mol. The molecule has 3 aromatic rings. The number of nitrogens with zero attached hydrogens (tertiary/aromatic N) is 3. The lowest BCUT2D eigenvalue weighted by molar-refractivity contribution is 0.217. The summed E-state index contributed by atoms with van der Waals surface area (Å²) in [6.07, 6.45) is 1.28. The van der Waals surface area contributed by atoms with Crippen LogP contribution < -0.4 is 4.74 Å². The van der Waals surface area contributed by atoms with Crippen molar-refractivity contribution in [1.29, 1.82) is 0 Å². The van der Waals surface area contributed by atoms with Gasteiger partial charge in [-0.2, -0.15) is 0 Å². The standard InChI is InChI=1S/C14H13BrN4O2/c1-8(14-16-9(2)17-18-14)21-13-4-3-10(15)7-11(13)12-5-6-20-19-12/h3-8H,1-2H3,(H,16,17,18). The topological polar surface area (TPSA) is 76.8 Å². The fraction of sp³-hybridized carbons (Fsp3) is 0.214. The fourth-order valence-corrected chi connectivity index (χ4v) is 2.31. The minimum atomic E-state index is -0.252. The average molecular weight is 349 g/mol. The molecule has 0 radical (unpaired) electrons. The Morgan fingerprint density at radius 2 is 2.14 bits per heavy atom. The van der Waals surface area contributed by atoms with E-state index in [4.69, 9.17) is 9.26 Å². The van der Waals surface area contributed by atoms with E-state index in [0.29, 0.717) is 17.3 Å². The Morgan fingerprint density at radius 1 is 1.29 bits per heavy atom. The number of hydrogen-bond acceptors (Lipinski definition) is 5. The summed E-state index contributed by atoms with van der Waals surface area (Å²) in [5.74, 6) is 2.14. The highest BCUT2D eigenvalue weighted by Crippen LogP contribution is 2.34. The Hall–Kier alpha value is -2.15. The molecule has 7 heteroatoms. The van der Waals surface area contributed by atoms with E-state index in [9.17, 15) is 0 Å². The Bertz CT molecular complexity index is 739. The molecular weight excluding hydrogens is 336 g/mol. The van der Waals surface area contributed by atoms with Gasteiger partial charge in [-0.25, -0.2) is 0 Å². The SMILES string of the molecule is Cc1nnc(C(C)Oc2ccc(Br)cc2-c2ccon2)[nH]1. The maximum absolute atomic E-state index is 5.99. The number of H-pyrrole nitrogens is 1. The smallest absolute Gasteiger partial charge is 0.171 e. The number of nitrogens with one attached hydrogen (secondary N) is 1. The van der Waals surface area contributed by atoms with Gasteiger partial charge in [0.2, 0.25) is 0 Å². The normalized spacial score (nSPS) is 12.3. The quantitative estimate of drug-likeness (QED) is 0.778. The number of hydrogen-bond donors (Lipinski definition) is 1. The Kier molecular flexibility index (Phi) is 3.74. The van der Waals surface area contributed by atoms with E-state index in [0.717, 1.165) is 15.9 Å². The van der Waals surface area contributed by atoms with Gasteiger partial charge in [-0.1, -0.05) is 21.1 Å². The van der Waals surface area contributed by atoms with Crippen LogP contribution in [0.5, 0.6) is 5.75 Å². The molecule has 2 aromatic heterocycles. The van der Waals surface area contributed by atoms with Crippen LogP contribution in [-0.2, 0) is 0 Å². The van der Waals surface area contributed by atoms with Crippen LogP contribution in [0.2, 0.25) is 0 Å². The van der Waals surface area contributed by atoms with Gasteiger partial charge in [-0.15, -0.1) is 10.2 Å². The summed E-state index contributed by atoms with van der Waals surface area (Å²) >= 11 is 3.45. The van der Waals surface area contributed by atoms with Crippen molar-refractivity contribution in [3.63, 3.8) is 0 Å². The number of benzene rings is 1. The first-order valence-electron chi connectivity index (χ1n) is 6.39. The van der Waals surface area contributed by atoms with E-state index in [1.54, 1.807) is 6.07 Å². The molecule has 0 aliphatic rings. The molecule has 21 heavy (non-hydrogen) atoms. The van der Waals surface area contributed by atoms with Gasteiger partial charge in [0.25, 0.3) is 0 Å². The maximum atomic E-state index is 5.99. The molecule has 1 aromatic carbocycles. The van der Waals surface area contributed by atoms with Crippen LogP contribution in [0.1, 0.15) is 24.7 Å². The van der Waals surface area contributed by atoms with Crippen LogP contribution >= 0.6 is 15.9 Å². The minimum absolute atomic E-state index is 0.252. The molecule has 0 saturated heterocycles. The fourth-order valence-electron chi connectivity index (χ4n) is 1.95. The molecule has 2 heterocycles. The molecule has 1 N–H and O–H groups in total. The largest absolute Gasteiger partial charge is 0.482 e. The molecule has 0 bridgehead atoms. The van der Waals surface area contributed by atoms with Crippen LogP contribution in [0.25, 0.3) is 11.3 Å². The summed E-state index contributed by atoms with van der Waals surface area (Å²) in [4.78, 5) is 3.07. The lowest BCUT2D eigenvalue weighted by atomic mass is 10.1. The summed E-state index contributed by atoms with van der Waals surface area (Å²) < 4.78 is 11.8. The summed E-state index contributed by atoms with van der Waals surface area (Å²) in [5, 5.41) is 12.0. The lowest BCUT2D eigenvalue weighted by Crippen LogP contribution is -2.06. The molecule has 3 rings (SSSR count). The van der Waals surface area contributed by atoms with Crippen molar-refractivity contribution >= 4 is 15.9 Å². The number of aromatic nitrogens is 4. The molecule has 1 unspecified atom stereocenters. The van der Waals surface area contributed by atoms with E-state index < -0.39 is 0 Å². The number of ether oxygens (including phenoxy) is 1. The third-order valence-electron chi connectivity index (χ3n) is 2.96. The van der Waals surface area contributed by atoms with Gasteiger partial charge in [0, 0.05) is 16.1 Å². The second kappa shape index (κ2) is 5.69. The zero-order chi connectivity index (χ0) is 14.8. The summed E-state index contributed by atoms with van der Waals surface area (Å²) in [5.41, 5.74) is 1.56. The summed E-state index contributed by atoms with van der Waals surface area (Å²) in [7, 11) is 0. The van der Waals surface area contributed by atoms with E-state index in [-0.39, 0.29) is 6.10 Å². The van der Waals surface area contributed by atoms with Crippen molar-refractivity contribution in [3.05, 3.63) is 46.7 Å². The second-order valence-corrected chi connectivity index (χ2v) is 5.50. The zero-order valence-electron chi connectivity index (χ0n) is 11.5. The van der Waals surface area contributed by atoms with Gasteiger partial charge in [0.15, 0.2) is 11.9 Å². The third-order valence-corrected chi connectivity index (χ3v) is 3.45. The summed E-state index contributed by atoms with van der Waals surface area (Å²) in [6, 6.07) is 7.52. The Morgan fingerprint density at radius 3 is 2.81 bits per heavy atom. The highest BCUT2D eigenvalue weighted by Gasteiger charge is 2.16. The van der Waals surface area contributed by atoms with Gasteiger partial charge in [-0.05, 0) is 32.0 Å². The highest BCUT2D eigenvalue weighted by molar-refractivity contribution is 9.10. The predicted octanol–water partition coefficient (Wildman–Crippen LogP) is 3.67. The number of aromatic amines is 1. The molecule has 1 atom stereocenters. The Labute approximate surface area is 129 Å². The van der Waals surface area contributed by atoms with Crippen molar-refractivity contribution in [2.24, 2.45) is 0 Å². The van der Waals surface area contributed by atoms with Crippen molar-refractivity contribution in [1.82, 2.24) is 20.3 Å². The summed E-state index contributed by atoms with van der Waals surface area (Å²) in [6.45, 7) is 3.76. The molecule has 0 spiro atoms. The number of aryl methyl sites for hydroxylation is 1. The molecule has 0 fully saturated rings. The van der Waals surface area contributed by atoms with Crippen LogP contribution in [0, 0.1) is 6.92 Å². The van der Waals surface area contributed by atoms with Crippen molar-refractivity contribution < 1.29 is 9.26 Å². The molecule has 0 aliphatic carbocycles. The van der Waals surface area contributed by atoms with Gasteiger partial charge in [-0.3, -0.25) is 0 Å². The molecule has 0 amide bonds. The van der Waals surface area contributed by atoms with Gasteiger partial charge >= 0.3 is 0 Å². The van der Waals surface area contributed by atoms with Crippen LogP contribution in [0.3, 0.4) is 0 Å². The van der Waals surface area contributed by atoms with Crippen LogP contribution in [-0.4, -0.2) is 20.3 Å². The first-order valence-corrected chi connectivity index (χ1v) is 7.19. The maximum Gasteiger partial charge on any atom is 0.171 e. The van der Waals surface area contributed by atoms with Crippen LogP contribution in [0.15, 0.2) is 39.5 Å². The zero-order valence-corrected chi connectivity index (χ0v) is 13.1. The van der Waals surface area contributed by atoms with Crippen molar-refractivity contribution in [3.8, 4) is 17.0 Å². The number of halogens is 1. The van der Waals surface area contributed by atoms with E-state index in [1.807, 2.05) is 32.0 Å². The molecule has 6 nitrogen and oxygen atoms in total. The third kappa shape index (κ3) is 2.97. The van der Waals surface area contributed by atoms with Crippen LogP contribution in [0.4, 0.5) is 0 Å². The first-order chi connectivity index (χ1) is 10.1. The van der Waals surface area contributed by atoms with Gasteiger partial charge in [0.1, 0.15) is 23.5 Å². The van der Waals surface area contributed by atoms with E-state index in [1.165, 1.54) is 6.26 Å². The van der Waals surface area contributed by atoms with Gasteiger partial charge < -0.3 is 14.2 Å². The van der Waals surface area contributed by atoms with E-state index in [2.05, 4.69) is 36.3 Å². The van der Waals surface area contributed by atoms with Gasteiger partial charge in [0.05, 0.1) is 0 Å². The molecular formula is C14H13BrN4O2. The predicted molar refractivity (Wildman–Crippen MR) is 79.8 cm³/mol. The van der Waals surface area contributed by atoms with Crippen molar-refractivity contribution in [2.45, 2.75) is 20.0 Å². The molecule has 0 aliphatic heterocycles. The molecule has 0 saturated carbocycles. The van der Waals surface area contributed by atoms with E-state index >= 15 is 0 Å². The number of rotatable bonds is 4. The first kappa shape index (κ1) is 13.8. The highest BCUT2D eigenvalue weighted by atomic mass is 79.9. The Balaban J connectivity index is 1.92. The molecule has 108 valence electrons. The average Bonchev–Trinajstić information content (AvgIpc) is 3.11. The second-order valence-electron chi connectivity index (χ2n) is 4.58. The minimum Gasteiger partial charge on any atom is -0.482 e. The lowest BCUT2D eigenvalue weighted by Gasteiger charge is -2.15. The van der Waals surface area contributed by atoms with Crippen molar-refractivity contribution in [2.75, 3.05) is 0 Å².